The molecule has 0 radical (unpaired) electrons. The minimum absolute atomic E-state index is 0.159. The van der Waals surface area contributed by atoms with Gasteiger partial charge < -0.3 is 15.0 Å². The lowest BCUT2D eigenvalue weighted by Gasteiger charge is -2.29. The van der Waals surface area contributed by atoms with E-state index in [1.54, 1.807) is 10.3 Å². The van der Waals surface area contributed by atoms with E-state index in [1.165, 1.54) is 18.4 Å². The molecule has 7 nitrogen and oxygen atoms in total. The van der Waals surface area contributed by atoms with Gasteiger partial charge in [-0.2, -0.15) is 0 Å². The van der Waals surface area contributed by atoms with E-state index >= 15 is 0 Å². The number of nitrogens with zero attached hydrogens (tertiary/aromatic N) is 2. The average Bonchev–Trinajstić information content (AvgIpc) is 3.31. The maximum absolute atomic E-state index is 12.4. The van der Waals surface area contributed by atoms with Gasteiger partial charge in [0, 0.05) is 48.8 Å². The minimum Gasteiger partial charge on any atom is -0.469 e. The second kappa shape index (κ2) is 11.3. The normalized spacial score (nSPS) is 13.8. The van der Waals surface area contributed by atoms with Crippen LogP contribution in [0.5, 0.6) is 0 Å². The van der Waals surface area contributed by atoms with Crippen molar-refractivity contribution in [3.63, 3.8) is 0 Å². The minimum atomic E-state index is -0.291. The molecule has 2 amide bonds. The molecule has 2 aromatic rings. The first-order valence-electron chi connectivity index (χ1n) is 10.2. The zero-order valence-electron chi connectivity index (χ0n) is 17.4. The summed E-state index contributed by atoms with van der Waals surface area (Å²) in [6.07, 6.45) is 2.39. The Morgan fingerprint density at radius 3 is 2.68 bits per heavy atom. The third-order valence-electron chi connectivity index (χ3n) is 5.04. The van der Waals surface area contributed by atoms with Crippen molar-refractivity contribution in [1.29, 1.82) is 0 Å². The molecule has 0 unspecified atom stereocenters. The predicted octanol–water partition coefficient (Wildman–Crippen LogP) is 2.58. The van der Waals surface area contributed by atoms with Gasteiger partial charge in [0.05, 0.1) is 12.1 Å². The zero-order chi connectivity index (χ0) is 22.1. The molecule has 0 spiro atoms. The van der Waals surface area contributed by atoms with Crippen LogP contribution in [-0.2, 0) is 14.3 Å². The Morgan fingerprint density at radius 2 is 1.97 bits per heavy atom. The van der Waals surface area contributed by atoms with Gasteiger partial charge in [0.2, 0.25) is 0 Å². The van der Waals surface area contributed by atoms with E-state index in [0.29, 0.717) is 31.7 Å². The molecule has 1 aromatic carbocycles. The van der Waals surface area contributed by atoms with Gasteiger partial charge in [-0.25, -0.2) is 4.98 Å². The summed E-state index contributed by atoms with van der Waals surface area (Å²) in [5.74, 6) is 5.17. The molecular weight excluding hydrogens is 414 g/mol. The molecule has 31 heavy (non-hydrogen) atoms. The van der Waals surface area contributed by atoms with Crippen molar-refractivity contribution < 1.29 is 19.1 Å². The molecule has 1 fully saturated rings. The molecule has 1 aromatic heterocycles. The molecule has 1 saturated heterocycles. The Labute approximate surface area is 185 Å². The van der Waals surface area contributed by atoms with Crippen molar-refractivity contribution in [2.24, 2.45) is 0 Å². The second-order valence-corrected chi connectivity index (χ2v) is 8.08. The Bertz CT molecular complexity index is 969. The molecular formula is C23H25N3O4S. The summed E-state index contributed by atoms with van der Waals surface area (Å²) in [7, 11) is 1.34. The first kappa shape index (κ1) is 22.5. The fraction of sp³-hybridized carbons (Fsp3) is 0.391. The summed E-state index contributed by atoms with van der Waals surface area (Å²) < 4.78 is 4.57. The van der Waals surface area contributed by atoms with Crippen LogP contribution in [0.4, 0.5) is 0 Å². The van der Waals surface area contributed by atoms with Gasteiger partial charge in [-0.15, -0.1) is 11.3 Å². The Balaban J connectivity index is 1.45. The lowest BCUT2D eigenvalue weighted by atomic mass is 9.97. The summed E-state index contributed by atoms with van der Waals surface area (Å²) in [6, 6.07) is 9.45. The number of carbonyl (C=O) groups excluding carboxylic acids is 3. The standard InChI is InChI=1S/C23H25N3O4S/c1-30-21(28)8-5-13-24-22(29)19-16-31-23(25-19)18-11-14-26(15-12-18)20(27)10-9-17-6-3-2-4-7-17/h2-4,6-7,16,18H,5,8,11-15H2,1H3,(H,24,29). The molecule has 1 aliphatic heterocycles. The van der Waals surface area contributed by atoms with Gasteiger partial charge in [-0.3, -0.25) is 14.4 Å². The van der Waals surface area contributed by atoms with Crippen molar-refractivity contribution >= 4 is 29.1 Å². The summed E-state index contributed by atoms with van der Waals surface area (Å²) in [4.78, 5) is 41.9. The number of hydrogen-bond acceptors (Lipinski definition) is 6. The third kappa shape index (κ3) is 6.66. The first-order chi connectivity index (χ1) is 15.1. The van der Waals surface area contributed by atoms with E-state index in [4.69, 9.17) is 0 Å². The number of rotatable bonds is 6. The summed E-state index contributed by atoms with van der Waals surface area (Å²) in [5.41, 5.74) is 1.22. The van der Waals surface area contributed by atoms with Crippen molar-refractivity contribution in [2.75, 3.05) is 26.7 Å². The van der Waals surface area contributed by atoms with Gasteiger partial charge >= 0.3 is 5.97 Å². The summed E-state index contributed by atoms with van der Waals surface area (Å²) in [5, 5.41) is 5.45. The van der Waals surface area contributed by atoms with E-state index in [-0.39, 0.29) is 30.1 Å². The van der Waals surface area contributed by atoms with Crippen molar-refractivity contribution in [3.05, 3.63) is 52.0 Å². The van der Waals surface area contributed by atoms with Crippen LogP contribution in [0, 0.1) is 11.8 Å². The lowest BCUT2D eigenvalue weighted by molar-refractivity contribution is -0.140. The smallest absolute Gasteiger partial charge is 0.305 e. The van der Waals surface area contributed by atoms with Crippen LogP contribution in [0.1, 0.15) is 52.7 Å². The van der Waals surface area contributed by atoms with E-state index in [0.717, 1.165) is 23.4 Å². The van der Waals surface area contributed by atoms with Gasteiger partial charge in [-0.1, -0.05) is 24.1 Å². The number of ether oxygens (including phenoxy) is 1. The maximum Gasteiger partial charge on any atom is 0.305 e. The van der Waals surface area contributed by atoms with E-state index in [2.05, 4.69) is 26.9 Å². The first-order valence-corrected chi connectivity index (χ1v) is 11.1. The van der Waals surface area contributed by atoms with Crippen molar-refractivity contribution in [2.45, 2.75) is 31.6 Å². The molecule has 0 aliphatic carbocycles. The molecule has 1 N–H and O–H groups in total. The predicted molar refractivity (Wildman–Crippen MR) is 118 cm³/mol. The highest BCUT2D eigenvalue weighted by atomic mass is 32.1. The van der Waals surface area contributed by atoms with Crippen LogP contribution in [0.25, 0.3) is 0 Å². The molecule has 3 rings (SSSR count). The molecule has 0 atom stereocenters. The van der Waals surface area contributed by atoms with Crippen LogP contribution in [-0.4, -0.2) is 54.4 Å². The largest absolute Gasteiger partial charge is 0.469 e. The number of thiazole rings is 1. The fourth-order valence-corrected chi connectivity index (χ4v) is 4.23. The number of methoxy groups -OCH3 is 1. The topological polar surface area (TPSA) is 88.6 Å². The van der Waals surface area contributed by atoms with Crippen molar-refractivity contribution in [1.82, 2.24) is 15.2 Å². The average molecular weight is 440 g/mol. The molecule has 162 valence electrons. The number of piperidine rings is 1. The number of hydrogen-bond donors (Lipinski definition) is 1. The third-order valence-corrected chi connectivity index (χ3v) is 6.05. The van der Waals surface area contributed by atoms with E-state index in [9.17, 15) is 14.4 Å². The quantitative estimate of drug-likeness (QED) is 0.425. The SMILES string of the molecule is COC(=O)CCCNC(=O)c1csc(C2CCN(C(=O)C#Cc3ccccc3)CC2)n1. The molecule has 0 bridgehead atoms. The molecule has 8 heteroatoms. The number of aromatic nitrogens is 1. The molecule has 2 heterocycles. The lowest BCUT2D eigenvalue weighted by Crippen LogP contribution is -2.37. The highest BCUT2D eigenvalue weighted by Crippen LogP contribution is 2.30. The summed E-state index contributed by atoms with van der Waals surface area (Å²) in [6.45, 7) is 1.65. The van der Waals surface area contributed by atoms with E-state index < -0.39 is 0 Å². The van der Waals surface area contributed by atoms with Crippen LogP contribution >= 0.6 is 11.3 Å². The number of esters is 1. The fourth-order valence-electron chi connectivity index (χ4n) is 3.26. The summed E-state index contributed by atoms with van der Waals surface area (Å²) >= 11 is 1.47. The maximum atomic E-state index is 12.4. The zero-order valence-corrected chi connectivity index (χ0v) is 18.2. The highest BCUT2D eigenvalue weighted by Gasteiger charge is 2.25. The monoisotopic (exact) mass is 439 g/mol. The Kier molecular flexibility index (Phi) is 8.19. The number of nitrogens with one attached hydrogen (secondary N) is 1. The van der Waals surface area contributed by atoms with Crippen molar-refractivity contribution in [3.8, 4) is 11.8 Å². The number of likely N-dealkylation sites (tertiary alicyclic amines) is 1. The van der Waals surface area contributed by atoms with E-state index in [1.807, 2.05) is 30.3 Å². The number of amides is 2. The van der Waals surface area contributed by atoms with Gasteiger partial charge in [-0.05, 0) is 31.4 Å². The van der Waals surface area contributed by atoms with Crippen LogP contribution in [0.15, 0.2) is 35.7 Å². The van der Waals surface area contributed by atoms with Crippen LogP contribution in [0.2, 0.25) is 0 Å². The van der Waals surface area contributed by atoms with Crippen LogP contribution < -0.4 is 5.32 Å². The van der Waals surface area contributed by atoms with Gasteiger partial charge in [0.1, 0.15) is 5.69 Å². The second-order valence-electron chi connectivity index (χ2n) is 7.19. The molecule has 0 saturated carbocycles. The number of benzene rings is 1. The van der Waals surface area contributed by atoms with Crippen LogP contribution in [0.3, 0.4) is 0 Å². The van der Waals surface area contributed by atoms with Gasteiger partial charge in [0.15, 0.2) is 0 Å². The Morgan fingerprint density at radius 1 is 1.23 bits per heavy atom. The number of carbonyl (C=O) groups is 3. The Hall–Kier alpha value is -3.18. The molecule has 1 aliphatic rings. The van der Waals surface area contributed by atoms with Gasteiger partial charge in [0.25, 0.3) is 11.8 Å². The highest BCUT2D eigenvalue weighted by molar-refractivity contribution is 7.09.